The quantitative estimate of drug-likeness (QED) is 0.441. The van der Waals surface area contributed by atoms with Crippen LogP contribution >= 0.6 is 0 Å². The van der Waals surface area contributed by atoms with Crippen LogP contribution in [0.5, 0.6) is 0 Å². The van der Waals surface area contributed by atoms with E-state index in [0.29, 0.717) is 5.92 Å². The third kappa shape index (κ3) is 0.665. The van der Waals surface area contributed by atoms with E-state index in [2.05, 4.69) is 12.2 Å². The van der Waals surface area contributed by atoms with E-state index in [4.69, 9.17) is 0 Å². The Balaban J connectivity index is 1.79. The van der Waals surface area contributed by atoms with Crippen molar-refractivity contribution in [1.29, 1.82) is 0 Å². The summed E-state index contributed by atoms with van der Waals surface area (Å²) in [6.07, 6.45) is 8.81. The molecule has 0 heterocycles. The first-order valence-electron chi connectivity index (χ1n) is 5.71. The third-order valence-corrected chi connectivity index (χ3v) is 5.24. The lowest BCUT2D eigenvalue weighted by Crippen LogP contribution is -2.33. The normalized spacial score (nSPS) is 66.4. The minimum absolute atomic E-state index is 0.0546. The summed E-state index contributed by atoms with van der Waals surface area (Å²) < 4.78 is 0. The predicted molar refractivity (Wildman–Crippen MR) is 49.9 cm³/mol. The second kappa shape index (κ2) is 2.03. The van der Waals surface area contributed by atoms with Gasteiger partial charge in [0.1, 0.15) is 0 Å². The molecule has 3 fully saturated rings. The van der Waals surface area contributed by atoms with Crippen molar-refractivity contribution in [2.24, 2.45) is 35.5 Å². The van der Waals surface area contributed by atoms with Crippen LogP contribution in [0.25, 0.3) is 0 Å². The average Bonchev–Trinajstić information content (AvgIpc) is 2.78. The van der Waals surface area contributed by atoms with Gasteiger partial charge in [-0.3, -0.25) is 0 Å². The minimum atomic E-state index is 0.0546. The van der Waals surface area contributed by atoms with Crippen molar-refractivity contribution in [3.05, 3.63) is 12.2 Å². The molecule has 4 rings (SSSR count). The average molecular weight is 176 g/mol. The van der Waals surface area contributed by atoms with Crippen LogP contribution in [0.15, 0.2) is 12.2 Å². The molecule has 4 bridgehead atoms. The highest BCUT2D eigenvalue weighted by atomic mass is 16.3. The maximum Gasteiger partial charge on any atom is 0.0574 e. The Morgan fingerprint density at radius 1 is 0.923 bits per heavy atom. The number of aliphatic hydroxyl groups is 1. The fraction of sp³-hybridized carbons (Fsp3) is 0.833. The molecule has 0 radical (unpaired) electrons. The van der Waals surface area contributed by atoms with Crippen molar-refractivity contribution in [3.63, 3.8) is 0 Å². The van der Waals surface area contributed by atoms with Crippen LogP contribution in [0.3, 0.4) is 0 Å². The number of hydrogen-bond donors (Lipinski definition) is 1. The maximum absolute atomic E-state index is 9.87. The Labute approximate surface area is 78.8 Å². The molecule has 1 nitrogen and oxygen atoms in total. The summed E-state index contributed by atoms with van der Waals surface area (Å²) in [5, 5.41) is 9.87. The molecule has 0 aliphatic heterocycles. The lowest BCUT2D eigenvalue weighted by Gasteiger charge is -2.34. The molecule has 0 aromatic carbocycles. The van der Waals surface area contributed by atoms with Gasteiger partial charge < -0.3 is 5.11 Å². The molecule has 4 aliphatic rings. The lowest BCUT2D eigenvalue weighted by molar-refractivity contribution is 0.0484. The van der Waals surface area contributed by atoms with Crippen LogP contribution in [0.1, 0.15) is 19.3 Å². The van der Waals surface area contributed by atoms with Gasteiger partial charge in [-0.15, -0.1) is 0 Å². The van der Waals surface area contributed by atoms with E-state index in [1.165, 1.54) is 12.8 Å². The highest BCUT2D eigenvalue weighted by Crippen LogP contribution is 2.65. The van der Waals surface area contributed by atoms with Gasteiger partial charge in [-0.05, 0) is 54.8 Å². The fourth-order valence-electron chi connectivity index (χ4n) is 4.98. The Hall–Kier alpha value is -0.300. The summed E-state index contributed by atoms with van der Waals surface area (Å²) in [5.41, 5.74) is 0. The summed E-state index contributed by atoms with van der Waals surface area (Å²) in [6.45, 7) is 0. The molecule has 3 saturated carbocycles. The zero-order valence-electron chi connectivity index (χ0n) is 7.76. The standard InChI is InChI=1S/C12H16O/c13-10-5-8-4-9(10)12-7-2-1-6(3-7)11(8)12/h1-2,6-13H,3-5H2/t6-,7+,8-,9+,10+,11+,12-/m0/s1. The topological polar surface area (TPSA) is 20.2 Å². The van der Waals surface area contributed by atoms with Crippen LogP contribution in [-0.4, -0.2) is 11.2 Å². The van der Waals surface area contributed by atoms with Gasteiger partial charge in [-0.2, -0.15) is 0 Å². The molecule has 0 spiro atoms. The third-order valence-electron chi connectivity index (χ3n) is 5.24. The molecule has 70 valence electrons. The Bertz CT molecular complexity index is 283. The number of rotatable bonds is 0. The lowest BCUT2D eigenvalue weighted by atomic mass is 9.72. The maximum atomic E-state index is 9.87. The van der Waals surface area contributed by atoms with Crippen molar-refractivity contribution in [2.45, 2.75) is 25.4 Å². The Morgan fingerprint density at radius 3 is 2.54 bits per heavy atom. The van der Waals surface area contributed by atoms with Crippen LogP contribution < -0.4 is 0 Å². The zero-order chi connectivity index (χ0) is 8.58. The molecule has 0 saturated heterocycles. The molecule has 0 aromatic heterocycles. The first kappa shape index (κ1) is 7.05. The molecule has 13 heavy (non-hydrogen) atoms. The zero-order valence-corrected chi connectivity index (χ0v) is 7.76. The summed E-state index contributed by atoms with van der Waals surface area (Å²) in [7, 11) is 0. The van der Waals surface area contributed by atoms with E-state index in [-0.39, 0.29) is 6.10 Å². The highest BCUT2D eigenvalue weighted by molar-refractivity contribution is 5.20. The number of allylic oxidation sites excluding steroid dienone is 2. The van der Waals surface area contributed by atoms with E-state index in [1.807, 2.05) is 0 Å². The van der Waals surface area contributed by atoms with E-state index in [9.17, 15) is 5.11 Å². The second-order valence-corrected chi connectivity index (χ2v) is 5.57. The van der Waals surface area contributed by atoms with Crippen molar-refractivity contribution in [1.82, 2.24) is 0 Å². The van der Waals surface area contributed by atoms with Gasteiger partial charge >= 0.3 is 0 Å². The second-order valence-electron chi connectivity index (χ2n) is 5.57. The fourth-order valence-corrected chi connectivity index (χ4v) is 4.98. The molecule has 1 N–H and O–H groups in total. The van der Waals surface area contributed by atoms with E-state index >= 15 is 0 Å². The molecular formula is C12H16O. The summed E-state index contributed by atoms with van der Waals surface area (Å²) in [4.78, 5) is 0. The van der Waals surface area contributed by atoms with Gasteiger partial charge in [-0.25, -0.2) is 0 Å². The van der Waals surface area contributed by atoms with E-state index in [1.54, 1.807) is 0 Å². The number of hydrogen-bond acceptors (Lipinski definition) is 1. The SMILES string of the molecule is O[C@@H]1C[C@@H]2C[C@H]1[C@H]1[C@@H]2[C@H]2C=C[C@@H]1C2. The van der Waals surface area contributed by atoms with Crippen LogP contribution in [0.2, 0.25) is 0 Å². The van der Waals surface area contributed by atoms with Crippen molar-refractivity contribution in [3.8, 4) is 0 Å². The molecular weight excluding hydrogens is 160 g/mol. The minimum Gasteiger partial charge on any atom is -0.393 e. The number of fused-ring (bicyclic) bond motifs is 9. The smallest absolute Gasteiger partial charge is 0.0574 e. The highest BCUT2D eigenvalue weighted by Gasteiger charge is 2.60. The molecule has 0 unspecified atom stereocenters. The summed E-state index contributed by atoms with van der Waals surface area (Å²) >= 11 is 0. The molecule has 0 amide bonds. The largest absolute Gasteiger partial charge is 0.393 e. The van der Waals surface area contributed by atoms with Crippen LogP contribution in [0, 0.1) is 35.5 Å². The van der Waals surface area contributed by atoms with Crippen LogP contribution in [-0.2, 0) is 0 Å². The van der Waals surface area contributed by atoms with Gasteiger partial charge in [-0.1, -0.05) is 12.2 Å². The van der Waals surface area contributed by atoms with E-state index in [0.717, 1.165) is 36.0 Å². The monoisotopic (exact) mass is 176 g/mol. The summed E-state index contributed by atoms with van der Waals surface area (Å²) in [5.74, 6) is 5.16. The molecule has 1 heteroatoms. The summed E-state index contributed by atoms with van der Waals surface area (Å²) in [6, 6.07) is 0. The predicted octanol–water partition coefficient (Wildman–Crippen LogP) is 1.83. The molecule has 0 aromatic rings. The Kier molecular flexibility index (Phi) is 1.10. The van der Waals surface area contributed by atoms with Crippen molar-refractivity contribution in [2.75, 3.05) is 0 Å². The van der Waals surface area contributed by atoms with Gasteiger partial charge in [0.25, 0.3) is 0 Å². The van der Waals surface area contributed by atoms with Crippen molar-refractivity contribution < 1.29 is 5.11 Å². The van der Waals surface area contributed by atoms with Gasteiger partial charge in [0.2, 0.25) is 0 Å². The first-order chi connectivity index (χ1) is 6.34. The number of aliphatic hydroxyl groups excluding tert-OH is 1. The van der Waals surface area contributed by atoms with Gasteiger partial charge in [0.05, 0.1) is 6.10 Å². The van der Waals surface area contributed by atoms with Crippen molar-refractivity contribution >= 4 is 0 Å². The van der Waals surface area contributed by atoms with Gasteiger partial charge in [0.15, 0.2) is 0 Å². The first-order valence-corrected chi connectivity index (χ1v) is 5.71. The molecule has 7 atom stereocenters. The van der Waals surface area contributed by atoms with Gasteiger partial charge in [0, 0.05) is 0 Å². The van der Waals surface area contributed by atoms with E-state index < -0.39 is 0 Å². The Morgan fingerprint density at radius 2 is 1.69 bits per heavy atom. The van der Waals surface area contributed by atoms with Crippen LogP contribution in [0.4, 0.5) is 0 Å². The molecule has 4 aliphatic carbocycles.